The molecule has 0 atom stereocenters. The van der Waals surface area contributed by atoms with E-state index in [0.717, 1.165) is 19.5 Å². The van der Waals surface area contributed by atoms with Gasteiger partial charge in [0.1, 0.15) is 0 Å². The van der Waals surface area contributed by atoms with Crippen LogP contribution in [0.4, 0.5) is 5.69 Å². The maximum atomic E-state index is 3.51. The van der Waals surface area contributed by atoms with Crippen LogP contribution in [0.5, 0.6) is 0 Å². The van der Waals surface area contributed by atoms with E-state index >= 15 is 0 Å². The predicted octanol–water partition coefficient (Wildman–Crippen LogP) is 2.15. The summed E-state index contributed by atoms with van der Waals surface area (Å²) in [6, 6.07) is 7.05. The Kier molecular flexibility index (Phi) is 2.73. The summed E-state index contributed by atoms with van der Waals surface area (Å²) in [4.78, 5) is 0. The van der Waals surface area contributed by atoms with Gasteiger partial charge in [0.25, 0.3) is 0 Å². The van der Waals surface area contributed by atoms with Crippen molar-refractivity contribution in [1.82, 2.24) is 5.32 Å². The number of rotatable bonds is 2. The molecule has 1 aliphatic rings. The van der Waals surface area contributed by atoms with Gasteiger partial charge in [-0.1, -0.05) is 12.1 Å². The van der Waals surface area contributed by atoms with E-state index in [0.29, 0.717) is 6.04 Å². The third-order valence-electron chi connectivity index (χ3n) is 2.58. The second-order valence-electron chi connectivity index (χ2n) is 4.17. The Labute approximate surface area is 85.7 Å². The average Bonchev–Trinajstić information content (AvgIpc) is 2.18. The zero-order chi connectivity index (χ0) is 9.97. The van der Waals surface area contributed by atoms with Gasteiger partial charge in [-0.05, 0) is 44.0 Å². The van der Waals surface area contributed by atoms with Gasteiger partial charge >= 0.3 is 0 Å². The molecule has 0 saturated carbocycles. The molecule has 2 N–H and O–H groups in total. The lowest BCUT2D eigenvalue weighted by atomic mass is 9.99. The van der Waals surface area contributed by atoms with Crippen LogP contribution in [0, 0.1) is 0 Å². The summed E-state index contributed by atoms with van der Waals surface area (Å²) in [5, 5.41) is 6.90. The van der Waals surface area contributed by atoms with E-state index in [4.69, 9.17) is 0 Å². The SMILES string of the molecule is CC(C)Nc1cccc2c1CCNC2. The first-order chi connectivity index (χ1) is 6.77. The van der Waals surface area contributed by atoms with Crippen LogP contribution in [0.2, 0.25) is 0 Å². The minimum Gasteiger partial charge on any atom is -0.383 e. The van der Waals surface area contributed by atoms with Crippen molar-refractivity contribution in [2.24, 2.45) is 0 Å². The number of fused-ring (bicyclic) bond motifs is 1. The van der Waals surface area contributed by atoms with E-state index in [1.165, 1.54) is 16.8 Å². The first kappa shape index (κ1) is 9.53. The Morgan fingerprint density at radius 3 is 3.00 bits per heavy atom. The minimum atomic E-state index is 0.511. The van der Waals surface area contributed by atoms with E-state index < -0.39 is 0 Å². The van der Waals surface area contributed by atoms with Gasteiger partial charge in [0.2, 0.25) is 0 Å². The highest BCUT2D eigenvalue weighted by molar-refractivity contribution is 5.56. The van der Waals surface area contributed by atoms with Crippen molar-refractivity contribution in [3.63, 3.8) is 0 Å². The molecule has 0 amide bonds. The zero-order valence-electron chi connectivity index (χ0n) is 8.93. The van der Waals surface area contributed by atoms with Gasteiger partial charge in [-0.25, -0.2) is 0 Å². The summed E-state index contributed by atoms with van der Waals surface area (Å²) in [5.74, 6) is 0. The quantitative estimate of drug-likeness (QED) is 0.746. The van der Waals surface area contributed by atoms with Crippen LogP contribution in [0.15, 0.2) is 18.2 Å². The van der Waals surface area contributed by atoms with E-state index in [-0.39, 0.29) is 0 Å². The van der Waals surface area contributed by atoms with Crippen molar-refractivity contribution >= 4 is 5.69 Å². The summed E-state index contributed by atoms with van der Waals surface area (Å²) < 4.78 is 0. The van der Waals surface area contributed by atoms with Crippen molar-refractivity contribution < 1.29 is 0 Å². The Balaban J connectivity index is 2.30. The summed E-state index contributed by atoms with van der Waals surface area (Å²) in [6.45, 7) is 6.48. The maximum absolute atomic E-state index is 3.51. The van der Waals surface area contributed by atoms with Crippen LogP contribution in [0.1, 0.15) is 25.0 Å². The summed E-state index contributed by atoms with van der Waals surface area (Å²) in [7, 11) is 0. The van der Waals surface area contributed by atoms with Gasteiger partial charge in [0, 0.05) is 18.3 Å². The number of nitrogens with one attached hydrogen (secondary N) is 2. The van der Waals surface area contributed by atoms with Gasteiger partial charge in [-0.15, -0.1) is 0 Å². The Bertz CT molecular complexity index is 318. The summed E-state index contributed by atoms with van der Waals surface area (Å²) in [5.41, 5.74) is 4.26. The number of hydrogen-bond acceptors (Lipinski definition) is 2. The van der Waals surface area contributed by atoms with Crippen LogP contribution in [-0.2, 0) is 13.0 Å². The molecular weight excluding hydrogens is 172 g/mol. The van der Waals surface area contributed by atoms with Crippen LogP contribution < -0.4 is 10.6 Å². The molecule has 14 heavy (non-hydrogen) atoms. The molecule has 2 heteroatoms. The van der Waals surface area contributed by atoms with Crippen molar-refractivity contribution in [3.8, 4) is 0 Å². The molecule has 0 radical (unpaired) electrons. The number of benzene rings is 1. The van der Waals surface area contributed by atoms with E-state index in [1.54, 1.807) is 0 Å². The van der Waals surface area contributed by atoms with Crippen LogP contribution >= 0.6 is 0 Å². The number of anilines is 1. The molecule has 0 unspecified atom stereocenters. The van der Waals surface area contributed by atoms with E-state index in [9.17, 15) is 0 Å². The van der Waals surface area contributed by atoms with Crippen LogP contribution in [0.3, 0.4) is 0 Å². The van der Waals surface area contributed by atoms with Gasteiger partial charge in [-0.3, -0.25) is 0 Å². The fourth-order valence-electron chi connectivity index (χ4n) is 1.98. The lowest BCUT2D eigenvalue weighted by Gasteiger charge is -2.22. The van der Waals surface area contributed by atoms with E-state index in [2.05, 4.69) is 42.7 Å². The second-order valence-corrected chi connectivity index (χ2v) is 4.17. The number of hydrogen-bond donors (Lipinski definition) is 2. The summed E-state index contributed by atoms with van der Waals surface area (Å²) >= 11 is 0. The third kappa shape index (κ3) is 1.90. The standard InChI is InChI=1S/C12H18N2/c1-9(2)14-12-5-3-4-10-8-13-7-6-11(10)12/h3-5,9,13-14H,6-8H2,1-2H3. The molecule has 0 bridgehead atoms. The molecule has 0 fully saturated rings. The normalized spacial score (nSPS) is 15.4. The van der Waals surface area contributed by atoms with Crippen LogP contribution in [0.25, 0.3) is 0 Å². The average molecular weight is 190 g/mol. The van der Waals surface area contributed by atoms with Gasteiger partial charge in [-0.2, -0.15) is 0 Å². The molecule has 0 aromatic heterocycles. The zero-order valence-corrected chi connectivity index (χ0v) is 8.93. The fourth-order valence-corrected chi connectivity index (χ4v) is 1.98. The monoisotopic (exact) mass is 190 g/mol. The molecule has 2 nitrogen and oxygen atoms in total. The van der Waals surface area contributed by atoms with E-state index in [1.807, 2.05) is 0 Å². The highest BCUT2D eigenvalue weighted by Gasteiger charge is 2.12. The van der Waals surface area contributed by atoms with Crippen molar-refractivity contribution in [2.75, 3.05) is 11.9 Å². The van der Waals surface area contributed by atoms with Gasteiger partial charge < -0.3 is 10.6 Å². The lowest BCUT2D eigenvalue weighted by molar-refractivity contribution is 0.644. The predicted molar refractivity (Wildman–Crippen MR) is 60.6 cm³/mol. The third-order valence-corrected chi connectivity index (χ3v) is 2.58. The largest absolute Gasteiger partial charge is 0.383 e. The maximum Gasteiger partial charge on any atom is 0.0378 e. The van der Waals surface area contributed by atoms with Crippen molar-refractivity contribution in [3.05, 3.63) is 29.3 Å². The Hall–Kier alpha value is -1.02. The highest BCUT2D eigenvalue weighted by Crippen LogP contribution is 2.23. The summed E-state index contributed by atoms with van der Waals surface area (Å²) in [6.07, 6.45) is 1.14. The molecule has 0 aliphatic carbocycles. The van der Waals surface area contributed by atoms with Gasteiger partial charge in [0.05, 0.1) is 0 Å². The smallest absolute Gasteiger partial charge is 0.0378 e. The fraction of sp³-hybridized carbons (Fsp3) is 0.500. The van der Waals surface area contributed by atoms with Crippen molar-refractivity contribution in [1.29, 1.82) is 0 Å². The molecule has 2 rings (SSSR count). The van der Waals surface area contributed by atoms with Crippen molar-refractivity contribution in [2.45, 2.75) is 32.9 Å². The molecule has 1 heterocycles. The molecule has 1 aliphatic heterocycles. The molecule has 1 aromatic rings. The lowest BCUT2D eigenvalue weighted by Crippen LogP contribution is -2.25. The topological polar surface area (TPSA) is 24.1 Å². The highest BCUT2D eigenvalue weighted by atomic mass is 14.9. The molecule has 0 saturated heterocycles. The first-order valence-electron chi connectivity index (χ1n) is 5.35. The molecule has 0 spiro atoms. The van der Waals surface area contributed by atoms with Gasteiger partial charge in [0.15, 0.2) is 0 Å². The second kappa shape index (κ2) is 4.01. The van der Waals surface area contributed by atoms with Crippen LogP contribution in [-0.4, -0.2) is 12.6 Å². The minimum absolute atomic E-state index is 0.511. The Morgan fingerprint density at radius 1 is 1.36 bits per heavy atom. The first-order valence-corrected chi connectivity index (χ1v) is 5.35. The molecule has 1 aromatic carbocycles. The Morgan fingerprint density at radius 2 is 2.21 bits per heavy atom. The molecule has 76 valence electrons. The molecular formula is C12H18N2.